The van der Waals surface area contributed by atoms with Gasteiger partial charge in [0.2, 0.25) is 0 Å². The lowest BCUT2D eigenvalue weighted by Crippen LogP contribution is -2.15. The third-order valence-corrected chi connectivity index (χ3v) is 2.92. The van der Waals surface area contributed by atoms with Crippen molar-refractivity contribution in [1.82, 2.24) is 0 Å². The fourth-order valence-corrected chi connectivity index (χ4v) is 2.13. The molecule has 4 nitrogen and oxygen atoms in total. The molecule has 0 radical (unpaired) electrons. The molecular formula is C13H17NO3. The summed E-state index contributed by atoms with van der Waals surface area (Å²) in [5.74, 6) is 0.800. The lowest BCUT2D eigenvalue weighted by atomic mass is 9.89. The SMILES string of the molecule is CCO/N=C1\CCc2c(ccc(O)c2OC)C1. The second-order valence-electron chi connectivity index (χ2n) is 4.01. The van der Waals surface area contributed by atoms with Crippen LogP contribution in [0.5, 0.6) is 11.5 Å². The first-order valence-corrected chi connectivity index (χ1v) is 5.81. The highest BCUT2D eigenvalue weighted by atomic mass is 16.6. The number of nitrogens with zero attached hydrogens (tertiary/aromatic N) is 1. The molecule has 0 aromatic heterocycles. The molecule has 2 rings (SSSR count). The minimum absolute atomic E-state index is 0.205. The summed E-state index contributed by atoms with van der Waals surface area (Å²) in [5, 5.41) is 13.8. The summed E-state index contributed by atoms with van der Waals surface area (Å²) in [6.45, 7) is 2.51. The molecule has 0 aliphatic heterocycles. The fourth-order valence-electron chi connectivity index (χ4n) is 2.13. The highest BCUT2D eigenvalue weighted by molar-refractivity contribution is 5.88. The van der Waals surface area contributed by atoms with Crippen LogP contribution in [-0.2, 0) is 17.7 Å². The van der Waals surface area contributed by atoms with Gasteiger partial charge in [0.15, 0.2) is 11.5 Å². The number of oxime groups is 1. The van der Waals surface area contributed by atoms with Crippen molar-refractivity contribution >= 4 is 5.71 Å². The van der Waals surface area contributed by atoms with Crippen LogP contribution in [0, 0.1) is 0 Å². The van der Waals surface area contributed by atoms with Gasteiger partial charge in [-0.3, -0.25) is 0 Å². The summed E-state index contributed by atoms with van der Waals surface area (Å²) < 4.78 is 5.24. The normalized spacial score (nSPS) is 16.7. The van der Waals surface area contributed by atoms with Crippen LogP contribution < -0.4 is 4.74 Å². The Labute approximate surface area is 101 Å². The molecule has 17 heavy (non-hydrogen) atoms. The zero-order valence-electron chi connectivity index (χ0n) is 10.2. The molecule has 0 atom stereocenters. The van der Waals surface area contributed by atoms with Crippen LogP contribution in [0.2, 0.25) is 0 Å². The first-order valence-electron chi connectivity index (χ1n) is 5.81. The monoisotopic (exact) mass is 235 g/mol. The van der Waals surface area contributed by atoms with E-state index >= 15 is 0 Å². The molecule has 1 aliphatic rings. The van der Waals surface area contributed by atoms with Crippen molar-refractivity contribution in [1.29, 1.82) is 0 Å². The van der Waals surface area contributed by atoms with E-state index < -0.39 is 0 Å². The minimum atomic E-state index is 0.205. The van der Waals surface area contributed by atoms with Gasteiger partial charge in [0.05, 0.1) is 12.8 Å². The van der Waals surface area contributed by atoms with Gasteiger partial charge >= 0.3 is 0 Å². The highest BCUT2D eigenvalue weighted by Crippen LogP contribution is 2.36. The Morgan fingerprint density at radius 2 is 2.18 bits per heavy atom. The second-order valence-corrected chi connectivity index (χ2v) is 4.01. The third-order valence-electron chi connectivity index (χ3n) is 2.92. The van der Waals surface area contributed by atoms with Crippen molar-refractivity contribution in [3.8, 4) is 11.5 Å². The number of phenolic OH excluding ortho intramolecular Hbond substituents is 1. The van der Waals surface area contributed by atoms with Gasteiger partial charge in [-0.05, 0) is 31.4 Å². The van der Waals surface area contributed by atoms with Crippen LogP contribution in [0.3, 0.4) is 0 Å². The molecule has 0 amide bonds. The number of methoxy groups -OCH3 is 1. The van der Waals surface area contributed by atoms with E-state index in [9.17, 15) is 5.11 Å². The molecule has 1 aliphatic carbocycles. The number of benzene rings is 1. The summed E-state index contributed by atoms with van der Waals surface area (Å²) in [5.41, 5.74) is 3.29. The quantitative estimate of drug-likeness (QED) is 0.818. The van der Waals surface area contributed by atoms with Gasteiger partial charge in [-0.1, -0.05) is 11.2 Å². The molecule has 0 heterocycles. The van der Waals surface area contributed by atoms with Gasteiger partial charge in [0, 0.05) is 12.0 Å². The van der Waals surface area contributed by atoms with E-state index in [-0.39, 0.29) is 5.75 Å². The Morgan fingerprint density at radius 1 is 1.35 bits per heavy atom. The van der Waals surface area contributed by atoms with E-state index in [1.54, 1.807) is 13.2 Å². The zero-order valence-corrected chi connectivity index (χ0v) is 10.2. The molecular weight excluding hydrogens is 218 g/mol. The first kappa shape index (κ1) is 11.8. The molecule has 0 saturated heterocycles. The van der Waals surface area contributed by atoms with Gasteiger partial charge in [0.25, 0.3) is 0 Å². The molecule has 92 valence electrons. The van der Waals surface area contributed by atoms with Crippen LogP contribution in [-0.4, -0.2) is 24.5 Å². The van der Waals surface area contributed by atoms with E-state index in [1.165, 1.54) is 0 Å². The standard InChI is InChI=1S/C13H17NO3/c1-3-17-14-10-5-6-11-9(8-10)4-7-12(15)13(11)16-2/h4,7,15H,3,5-6,8H2,1-2H3/b14-10+. The van der Waals surface area contributed by atoms with Crippen LogP contribution in [0.25, 0.3) is 0 Å². The summed E-state index contributed by atoms with van der Waals surface area (Å²) in [6, 6.07) is 3.59. The van der Waals surface area contributed by atoms with Crippen molar-refractivity contribution in [3.63, 3.8) is 0 Å². The molecule has 0 saturated carbocycles. The summed E-state index contributed by atoms with van der Waals surface area (Å²) in [7, 11) is 1.58. The van der Waals surface area contributed by atoms with E-state index in [4.69, 9.17) is 9.57 Å². The lowest BCUT2D eigenvalue weighted by molar-refractivity contribution is 0.157. The minimum Gasteiger partial charge on any atom is -0.504 e. The average molecular weight is 235 g/mol. The van der Waals surface area contributed by atoms with Crippen molar-refractivity contribution in [2.75, 3.05) is 13.7 Å². The molecule has 0 bridgehead atoms. The number of hydrogen-bond donors (Lipinski definition) is 1. The highest BCUT2D eigenvalue weighted by Gasteiger charge is 2.20. The van der Waals surface area contributed by atoms with E-state index in [0.717, 1.165) is 36.1 Å². The first-order chi connectivity index (χ1) is 8.26. The van der Waals surface area contributed by atoms with Gasteiger partial charge in [0.1, 0.15) is 6.61 Å². The van der Waals surface area contributed by atoms with Crippen molar-refractivity contribution in [2.45, 2.75) is 26.2 Å². The van der Waals surface area contributed by atoms with E-state index in [1.807, 2.05) is 13.0 Å². The third kappa shape index (κ3) is 2.35. The molecule has 4 heteroatoms. The fraction of sp³-hybridized carbons (Fsp3) is 0.462. The molecule has 0 spiro atoms. The second kappa shape index (κ2) is 5.08. The summed E-state index contributed by atoms with van der Waals surface area (Å²) >= 11 is 0. The topological polar surface area (TPSA) is 51.0 Å². The number of fused-ring (bicyclic) bond motifs is 1. The predicted molar refractivity (Wildman–Crippen MR) is 65.7 cm³/mol. The van der Waals surface area contributed by atoms with Crippen molar-refractivity contribution < 1.29 is 14.7 Å². The maximum atomic E-state index is 9.69. The van der Waals surface area contributed by atoms with Crippen molar-refractivity contribution in [2.24, 2.45) is 5.16 Å². The zero-order chi connectivity index (χ0) is 12.3. The molecule has 0 unspecified atom stereocenters. The smallest absolute Gasteiger partial charge is 0.163 e. The van der Waals surface area contributed by atoms with Gasteiger partial charge in [-0.25, -0.2) is 0 Å². The Morgan fingerprint density at radius 3 is 2.88 bits per heavy atom. The maximum Gasteiger partial charge on any atom is 0.163 e. The van der Waals surface area contributed by atoms with E-state index in [0.29, 0.717) is 12.4 Å². The van der Waals surface area contributed by atoms with Crippen LogP contribution in [0.1, 0.15) is 24.5 Å². The van der Waals surface area contributed by atoms with Gasteiger partial charge < -0.3 is 14.7 Å². The maximum absolute atomic E-state index is 9.69. The summed E-state index contributed by atoms with van der Waals surface area (Å²) in [6.07, 6.45) is 2.46. The molecule has 0 fully saturated rings. The Hall–Kier alpha value is -1.71. The average Bonchev–Trinajstić information content (AvgIpc) is 2.36. The number of hydrogen-bond acceptors (Lipinski definition) is 4. The molecule has 1 aromatic carbocycles. The van der Waals surface area contributed by atoms with Gasteiger partial charge in [-0.15, -0.1) is 0 Å². The Kier molecular flexibility index (Phi) is 3.52. The van der Waals surface area contributed by atoms with Crippen LogP contribution >= 0.6 is 0 Å². The number of ether oxygens (including phenoxy) is 1. The number of phenols is 1. The Bertz CT molecular complexity index is 441. The number of rotatable bonds is 3. The van der Waals surface area contributed by atoms with E-state index in [2.05, 4.69) is 5.16 Å². The predicted octanol–water partition coefficient (Wildman–Crippen LogP) is 2.28. The number of aromatic hydroxyl groups is 1. The Balaban J connectivity index is 2.28. The van der Waals surface area contributed by atoms with Crippen LogP contribution in [0.15, 0.2) is 17.3 Å². The van der Waals surface area contributed by atoms with Crippen LogP contribution in [0.4, 0.5) is 0 Å². The van der Waals surface area contributed by atoms with Gasteiger partial charge in [-0.2, -0.15) is 0 Å². The lowest BCUT2D eigenvalue weighted by Gasteiger charge is -2.20. The molecule has 1 aromatic rings. The summed E-state index contributed by atoms with van der Waals surface area (Å²) in [4.78, 5) is 5.08. The largest absolute Gasteiger partial charge is 0.504 e. The molecule has 1 N–H and O–H groups in total. The van der Waals surface area contributed by atoms with Crippen molar-refractivity contribution in [3.05, 3.63) is 23.3 Å².